The molecule has 4 rings (SSSR count). The Labute approximate surface area is 194 Å². The number of allylic oxidation sites excluding steroid dienone is 4. The highest BCUT2D eigenvalue weighted by molar-refractivity contribution is 7.56. The molecule has 2 unspecified atom stereocenters. The second-order valence-corrected chi connectivity index (χ2v) is 9.99. The van der Waals surface area contributed by atoms with Gasteiger partial charge in [-0.2, -0.15) is 0 Å². The lowest BCUT2D eigenvalue weighted by molar-refractivity contribution is 0.309. The van der Waals surface area contributed by atoms with Crippen LogP contribution in [0.25, 0.3) is 0 Å². The van der Waals surface area contributed by atoms with Crippen LogP contribution in [0.2, 0.25) is 0 Å². The third-order valence-electron chi connectivity index (χ3n) is 5.75. The zero-order valence-corrected chi connectivity index (χ0v) is 20.2. The van der Waals surface area contributed by atoms with E-state index in [-0.39, 0.29) is 0 Å². The lowest BCUT2D eigenvalue weighted by Gasteiger charge is -2.20. The van der Waals surface area contributed by atoms with E-state index >= 15 is 0 Å². The highest BCUT2D eigenvalue weighted by atomic mass is 31.1. The van der Waals surface area contributed by atoms with Gasteiger partial charge in [-0.15, -0.1) is 0 Å². The molecular weight excluding hydrogens is 409 g/mol. The van der Waals surface area contributed by atoms with Crippen LogP contribution >= 0.6 is 8.58 Å². The summed E-state index contributed by atoms with van der Waals surface area (Å²) in [5.41, 5.74) is 5.13. The van der Waals surface area contributed by atoms with Crippen LogP contribution in [-0.2, 0) is 13.0 Å². The molecule has 0 N–H and O–H groups in total. The Balaban J connectivity index is 1.62. The molecule has 3 aromatic carbocycles. The van der Waals surface area contributed by atoms with E-state index in [1.807, 2.05) is 6.07 Å². The zero-order chi connectivity index (χ0) is 22.3. The van der Waals surface area contributed by atoms with E-state index in [1.165, 1.54) is 33.0 Å². The minimum atomic E-state index is 0.541. The molecule has 0 spiro atoms. The maximum absolute atomic E-state index is 6.33. The van der Waals surface area contributed by atoms with E-state index in [9.17, 15) is 0 Å². The first-order chi connectivity index (χ1) is 15.6. The molecule has 0 bridgehead atoms. The molecule has 0 aromatic heterocycles. The predicted molar refractivity (Wildman–Crippen MR) is 140 cm³/mol. The fourth-order valence-corrected chi connectivity index (χ4v) is 5.43. The van der Waals surface area contributed by atoms with Crippen LogP contribution in [0.1, 0.15) is 23.1 Å². The molecule has 0 fully saturated rings. The number of nitrogens with zero attached hydrogens (tertiary/aromatic N) is 1. The smallest absolute Gasteiger partial charge is 0.127 e. The number of benzene rings is 3. The van der Waals surface area contributed by atoms with Crippen molar-refractivity contribution in [2.45, 2.75) is 26.4 Å². The van der Waals surface area contributed by atoms with Crippen molar-refractivity contribution in [2.75, 3.05) is 19.0 Å². The van der Waals surface area contributed by atoms with Gasteiger partial charge in [-0.3, -0.25) is 0 Å². The van der Waals surface area contributed by atoms with E-state index in [4.69, 9.17) is 4.74 Å². The summed E-state index contributed by atoms with van der Waals surface area (Å²) < 4.78 is 6.33. The Bertz CT molecular complexity index is 1100. The lowest BCUT2D eigenvalue weighted by Crippen LogP contribution is -2.19. The first-order valence-corrected chi connectivity index (χ1v) is 12.3. The minimum absolute atomic E-state index is 0.541. The Morgan fingerprint density at radius 3 is 2.50 bits per heavy atom. The predicted octanol–water partition coefficient (Wildman–Crippen LogP) is 5.94. The van der Waals surface area contributed by atoms with Gasteiger partial charge in [0.15, 0.2) is 0 Å². The van der Waals surface area contributed by atoms with Crippen LogP contribution in [-0.4, -0.2) is 14.1 Å². The topological polar surface area (TPSA) is 12.5 Å². The van der Waals surface area contributed by atoms with E-state index in [2.05, 4.69) is 111 Å². The van der Waals surface area contributed by atoms with Crippen molar-refractivity contribution in [3.8, 4) is 5.75 Å². The summed E-state index contributed by atoms with van der Waals surface area (Å²) in [6.07, 6.45) is 11.1. The van der Waals surface area contributed by atoms with Gasteiger partial charge in [0.05, 0.1) is 0 Å². The summed E-state index contributed by atoms with van der Waals surface area (Å²) in [6.45, 7) is 2.74. The maximum Gasteiger partial charge on any atom is 0.127 e. The summed E-state index contributed by atoms with van der Waals surface area (Å²) in [4.78, 5) is 2.21. The number of aryl methyl sites for hydroxylation is 1. The van der Waals surface area contributed by atoms with Gasteiger partial charge in [-0.25, -0.2) is 0 Å². The molecule has 1 aliphatic rings. The standard InChI is InChI=1S/C29H32NOP/c1-22-14-17-28(26(18-22)30(2)3)32-29-20-25(19-23-10-6-4-7-11-23)15-16-27(29)31-21-24-12-8-5-9-13-24/h4-10,12-18,20,23,32H,11,19,21H2,1-3H3. The first kappa shape index (κ1) is 22.4. The van der Waals surface area contributed by atoms with Gasteiger partial charge in [0, 0.05) is 30.4 Å². The van der Waals surface area contributed by atoms with Gasteiger partial charge in [-0.05, 0) is 60.6 Å². The molecule has 32 heavy (non-hydrogen) atoms. The van der Waals surface area contributed by atoms with E-state index in [0.717, 1.165) is 18.6 Å². The second-order valence-electron chi connectivity index (χ2n) is 8.66. The Kier molecular flexibility index (Phi) is 7.45. The quantitative estimate of drug-likeness (QED) is 0.401. The maximum atomic E-state index is 6.33. The third kappa shape index (κ3) is 5.90. The van der Waals surface area contributed by atoms with Gasteiger partial charge >= 0.3 is 0 Å². The van der Waals surface area contributed by atoms with Crippen molar-refractivity contribution in [1.82, 2.24) is 0 Å². The molecule has 3 aromatic rings. The van der Waals surface area contributed by atoms with Crippen LogP contribution in [0.5, 0.6) is 5.75 Å². The van der Waals surface area contributed by atoms with Crippen LogP contribution < -0.4 is 20.2 Å². The molecule has 3 heteroatoms. The van der Waals surface area contributed by atoms with E-state index in [0.29, 0.717) is 21.1 Å². The summed E-state index contributed by atoms with van der Waals surface area (Å²) in [5.74, 6) is 1.56. The molecule has 2 nitrogen and oxygen atoms in total. The van der Waals surface area contributed by atoms with Crippen molar-refractivity contribution in [3.63, 3.8) is 0 Å². The van der Waals surface area contributed by atoms with Crippen molar-refractivity contribution in [1.29, 1.82) is 0 Å². The van der Waals surface area contributed by atoms with E-state index < -0.39 is 0 Å². The zero-order valence-electron chi connectivity index (χ0n) is 19.2. The van der Waals surface area contributed by atoms with Crippen molar-refractivity contribution in [3.05, 3.63) is 108 Å². The molecule has 0 aliphatic heterocycles. The molecular formula is C29H32NOP. The fourth-order valence-electron chi connectivity index (χ4n) is 4.01. The SMILES string of the molecule is Cc1ccc(Pc2cc(CC3C=CC=CC3)ccc2OCc2ccccc2)c(N(C)C)c1. The molecule has 0 amide bonds. The summed E-state index contributed by atoms with van der Waals surface area (Å²) in [5, 5.41) is 2.63. The largest absolute Gasteiger partial charge is 0.488 e. The Morgan fingerprint density at radius 1 is 0.906 bits per heavy atom. The van der Waals surface area contributed by atoms with Crippen LogP contribution in [0.15, 0.2) is 91.0 Å². The number of anilines is 1. The number of rotatable bonds is 8. The highest BCUT2D eigenvalue weighted by Gasteiger charge is 2.13. The average Bonchev–Trinajstić information content (AvgIpc) is 2.81. The van der Waals surface area contributed by atoms with Gasteiger partial charge in [-0.1, -0.05) is 81.4 Å². The van der Waals surface area contributed by atoms with Gasteiger partial charge in [0.25, 0.3) is 0 Å². The molecule has 0 heterocycles. The fraction of sp³-hybridized carbons (Fsp3) is 0.241. The average molecular weight is 442 g/mol. The minimum Gasteiger partial charge on any atom is -0.488 e. The molecule has 0 saturated heterocycles. The van der Waals surface area contributed by atoms with Crippen LogP contribution in [0, 0.1) is 12.8 Å². The normalized spacial score (nSPS) is 15.4. The molecule has 0 radical (unpaired) electrons. The van der Waals surface area contributed by atoms with Crippen LogP contribution in [0.4, 0.5) is 5.69 Å². The van der Waals surface area contributed by atoms with Crippen LogP contribution in [0.3, 0.4) is 0 Å². The third-order valence-corrected chi connectivity index (χ3v) is 7.10. The summed E-state index contributed by atoms with van der Waals surface area (Å²) in [6, 6.07) is 23.9. The van der Waals surface area contributed by atoms with Crippen molar-refractivity contribution in [2.24, 2.45) is 5.92 Å². The lowest BCUT2D eigenvalue weighted by atomic mass is 9.93. The number of hydrogen-bond acceptors (Lipinski definition) is 2. The Hall–Kier alpha value is -2.83. The molecule has 2 atom stereocenters. The van der Waals surface area contributed by atoms with Gasteiger partial charge < -0.3 is 9.64 Å². The highest BCUT2D eigenvalue weighted by Crippen LogP contribution is 2.27. The molecule has 1 aliphatic carbocycles. The van der Waals surface area contributed by atoms with Crippen molar-refractivity contribution < 1.29 is 4.74 Å². The molecule has 0 saturated carbocycles. The number of ether oxygens (including phenoxy) is 1. The second kappa shape index (κ2) is 10.7. The first-order valence-electron chi connectivity index (χ1n) is 11.3. The summed E-state index contributed by atoms with van der Waals surface area (Å²) >= 11 is 0. The Morgan fingerprint density at radius 2 is 1.75 bits per heavy atom. The van der Waals surface area contributed by atoms with Crippen molar-refractivity contribution >= 4 is 24.9 Å². The monoisotopic (exact) mass is 441 g/mol. The van der Waals surface area contributed by atoms with E-state index in [1.54, 1.807) is 0 Å². The van der Waals surface area contributed by atoms with Gasteiger partial charge in [0.2, 0.25) is 0 Å². The molecule has 164 valence electrons. The summed E-state index contributed by atoms with van der Waals surface area (Å²) in [7, 11) is 4.78. The van der Waals surface area contributed by atoms with Gasteiger partial charge in [0.1, 0.15) is 12.4 Å². The number of hydrogen-bond donors (Lipinski definition) is 0.